The number of aromatic nitrogens is 1. The number of aliphatic hydroxyl groups is 1. The quantitative estimate of drug-likeness (QED) is 0.0800. The van der Waals surface area contributed by atoms with Gasteiger partial charge in [-0.2, -0.15) is 0 Å². The number of aryl methyl sites for hydroxylation is 1. The van der Waals surface area contributed by atoms with Crippen LogP contribution in [0.4, 0.5) is 0 Å². The smallest absolute Gasteiger partial charge is 0.164 e. The zero-order chi connectivity index (χ0) is 39.6. The predicted octanol–water partition coefficient (Wildman–Crippen LogP) is 15.3. The number of thiophene rings is 2. The van der Waals surface area contributed by atoms with Crippen LogP contribution in [0.25, 0.3) is 53.5 Å². The van der Waals surface area contributed by atoms with Gasteiger partial charge in [-0.3, -0.25) is 9.78 Å². The van der Waals surface area contributed by atoms with Crippen LogP contribution in [0.5, 0.6) is 0 Å². The zero-order valence-corrected chi connectivity index (χ0v) is 39.0. The van der Waals surface area contributed by atoms with Gasteiger partial charge >= 0.3 is 0 Å². The van der Waals surface area contributed by atoms with Crippen molar-refractivity contribution in [1.29, 1.82) is 0 Å². The average molecular weight is 951 g/mol. The average Bonchev–Trinajstić information content (AvgIpc) is 3.73. The molecule has 3 aromatic carbocycles. The molecule has 6 aromatic rings. The van der Waals surface area contributed by atoms with Crippen molar-refractivity contribution in [2.75, 3.05) is 0 Å². The Bertz CT molecular complexity index is 2290. The molecule has 0 aliphatic carbocycles. The van der Waals surface area contributed by atoms with Crippen molar-refractivity contribution >= 4 is 59.5 Å². The SMILES string of the molecule is CCC(C)(CC)C(=O)/C=C(\O)C(C)(CC)CC.Cc1cc2nc(-c3[c-]c4ccccc4c(C(C)(C)C)c3)cc(-c3ccc4sc(CC(C)C)cc4c3)c2s1.[Ir]. The zero-order valence-electron chi connectivity index (χ0n) is 35.0. The van der Waals surface area contributed by atoms with E-state index in [1.165, 1.54) is 52.7 Å². The van der Waals surface area contributed by atoms with Gasteiger partial charge in [0, 0.05) is 57.2 Å². The summed E-state index contributed by atoms with van der Waals surface area (Å²) in [7, 11) is 0. The third kappa shape index (κ3) is 9.87. The van der Waals surface area contributed by atoms with E-state index in [9.17, 15) is 9.90 Å². The molecule has 0 saturated heterocycles. The van der Waals surface area contributed by atoms with E-state index in [0.717, 1.165) is 54.3 Å². The summed E-state index contributed by atoms with van der Waals surface area (Å²) in [4.78, 5) is 20.1. The van der Waals surface area contributed by atoms with Gasteiger partial charge in [0.25, 0.3) is 0 Å². The molecular weight excluding hydrogens is 891 g/mol. The topological polar surface area (TPSA) is 50.2 Å². The van der Waals surface area contributed by atoms with E-state index in [-0.39, 0.29) is 47.9 Å². The van der Waals surface area contributed by atoms with Crippen molar-refractivity contribution in [2.24, 2.45) is 16.7 Å². The van der Waals surface area contributed by atoms with Gasteiger partial charge in [-0.05, 0) is 91.1 Å². The molecule has 55 heavy (non-hydrogen) atoms. The summed E-state index contributed by atoms with van der Waals surface area (Å²) >= 11 is 3.76. The normalized spacial score (nSPS) is 12.6. The number of allylic oxidation sites excluding steroid dienone is 2. The Labute approximate surface area is 352 Å². The minimum atomic E-state index is -0.337. The van der Waals surface area contributed by atoms with Crippen molar-refractivity contribution in [3.63, 3.8) is 0 Å². The number of ketones is 1. The molecule has 3 aromatic heterocycles. The summed E-state index contributed by atoms with van der Waals surface area (Å²) < 4.78 is 2.63. The summed E-state index contributed by atoms with van der Waals surface area (Å²) in [6.07, 6.45) is 5.89. The standard InChI is InChI=1S/C34H32NS2.C15H28O2.Ir/c1-20(2)13-26-17-25-16-23(11-12-32(25)37-26)28-19-30(35-31-14-21(3)36-33(28)31)24-15-22-9-7-8-10-27(22)29(18-24)34(4,5)6;1-7-14(5,8-2)12(16)11-13(17)15(6,9-3)10-4;/h7-12,14,16-20H,13H2,1-6H3;11,16H,7-10H2,1-6H3;/q-1;;/b;12-11-;. The van der Waals surface area contributed by atoms with Gasteiger partial charge in [0.05, 0.1) is 10.2 Å². The molecule has 295 valence electrons. The third-order valence-corrected chi connectivity index (χ3v) is 13.8. The van der Waals surface area contributed by atoms with Crippen molar-refractivity contribution in [2.45, 2.75) is 121 Å². The first kappa shape index (κ1) is 44.6. The summed E-state index contributed by atoms with van der Waals surface area (Å²) in [5.41, 5.74) is 6.39. The molecule has 1 N–H and O–H groups in total. The first-order chi connectivity index (χ1) is 25.4. The number of fused-ring (bicyclic) bond motifs is 3. The van der Waals surface area contributed by atoms with E-state index >= 15 is 0 Å². The second-order valence-electron chi connectivity index (χ2n) is 17.0. The van der Waals surface area contributed by atoms with Crippen LogP contribution in [0.2, 0.25) is 0 Å². The number of nitrogens with zero attached hydrogens (tertiary/aromatic N) is 1. The molecule has 0 unspecified atom stereocenters. The van der Waals surface area contributed by atoms with E-state index in [4.69, 9.17) is 4.98 Å². The number of hydrogen-bond acceptors (Lipinski definition) is 5. The Balaban J connectivity index is 0.000000320. The van der Waals surface area contributed by atoms with Gasteiger partial charge in [0.15, 0.2) is 5.78 Å². The van der Waals surface area contributed by atoms with Gasteiger partial charge in [-0.15, -0.1) is 51.8 Å². The number of hydrogen-bond donors (Lipinski definition) is 1. The molecule has 0 aliphatic heterocycles. The van der Waals surface area contributed by atoms with Gasteiger partial charge in [-0.25, -0.2) is 0 Å². The van der Waals surface area contributed by atoms with Crippen LogP contribution in [-0.4, -0.2) is 15.9 Å². The molecule has 0 atom stereocenters. The van der Waals surface area contributed by atoms with Crippen molar-refractivity contribution in [1.82, 2.24) is 4.98 Å². The van der Waals surface area contributed by atoms with Crippen LogP contribution in [0.15, 0.2) is 78.6 Å². The molecule has 0 fully saturated rings. The summed E-state index contributed by atoms with van der Waals surface area (Å²) in [6.45, 7) is 25.7. The van der Waals surface area contributed by atoms with Crippen LogP contribution in [0, 0.1) is 29.7 Å². The Hall–Kier alpha value is -3.15. The van der Waals surface area contributed by atoms with E-state index in [2.05, 4.69) is 114 Å². The molecular formula is C49H60IrNO2S2-. The van der Waals surface area contributed by atoms with E-state index in [1.807, 2.05) is 64.2 Å². The van der Waals surface area contributed by atoms with Crippen molar-refractivity contribution < 1.29 is 30.0 Å². The molecule has 6 heteroatoms. The number of benzene rings is 3. The molecule has 0 saturated carbocycles. The third-order valence-electron chi connectivity index (χ3n) is 11.6. The van der Waals surface area contributed by atoms with Gasteiger partial charge < -0.3 is 5.11 Å². The second kappa shape index (κ2) is 18.0. The second-order valence-corrected chi connectivity index (χ2v) is 19.4. The van der Waals surface area contributed by atoms with Crippen molar-refractivity contribution in [3.8, 4) is 22.4 Å². The molecule has 0 spiro atoms. The van der Waals surface area contributed by atoms with Crippen LogP contribution < -0.4 is 0 Å². The molecule has 3 heterocycles. The Morgan fingerprint density at radius 3 is 2.13 bits per heavy atom. The predicted molar refractivity (Wildman–Crippen MR) is 237 cm³/mol. The van der Waals surface area contributed by atoms with E-state index < -0.39 is 0 Å². The Kier molecular flexibility index (Phi) is 14.6. The maximum absolute atomic E-state index is 12.2. The van der Waals surface area contributed by atoms with Gasteiger partial charge in [-0.1, -0.05) is 117 Å². The van der Waals surface area contributed by atoms with Gasteiger partial charge in [0.1, 0.15) is 5.76 Å². The fourth-order valence-electron chi connectivity index (χ4n) is 6.93. The molecule has 6 rings (SSSR count). The monoisotopic (exact) mass is 951 g/mol. The number of aliphatic hydroxyl groups excluding tert-OH is 1. The van der Waals surface area contributed by atoms with E-state index in [0.29, 0.717) is 5.92 Å². The molecule has 0 amide bonds. The molecule has 1 radical (unpaired) electrons. The fraction of sp³-hybridized carbons (Fsp3) is 0.429. The Morgan fingerprint density at radius 2 is 1.51 bits per heavy atom. The van der Waals surface area contributed by atoms with Crippen LogP contribution in [-0.2, 0) is 36.7 Å². The first-order valence-corrected chi connectivity index (χ1v) is 21.4. The minimum Gasteiger partial charge on any atom is -0.512 e. The summed E-state index contributed by atoms with van der Waals surface area (Å²) in [5, 5.41) is 13.9. The Morgan fingerprint density at radius 1 is 0.855 bits per heavy atom. The molecule has 0 bridgehead atoms. The molecule has 0 aliphatic rings. The maximum atomic E-state index is 12.2. The number of rotatable bonds is 11. The summed E-state index contributed by atoms with van der Waals surface area (Å²) in [5.74, 6) is 0.953. The fourth-order valence-corrected chi connectivity index (χ4v) is 9.18. The number of carbonyl (C=O) groups excluding carboxylic acids is 1. The number of carbonyl (C=O) groups is 1. The number of pyridine rings is 1. The van der Waals surface area contributed by atoms with Crippen LogP contribution in [0.1, 0.15) is 117 Å². The van der Waals surface area contributed by atoms with Crippen LogP contribution >= 0.6 is 22.7 Å². The first-order valence-electron chi connectivity index (χ1n) is 19.8. The summed E-state index contributed by atoms with van der Waals surface area (Å²) in [6, 6.07) is 28.5. The maximum Gasteiger partial charge on any atom is 0.164 e. The van der Waals surface area contributed by atoms with Crippen molar-refractivity contribution in [3.05, 3.63) is 99.9 Å². The largest absolute Gasteiger partial charge is 0.512 e. The van der Waals surface area contributed by atoms with E-state index in [1.54, 1.807) is 0 Å². The van der Waals surface area contributed by atoms with Gasteiger partial charge in [0.2, 0.25) is 0 Å². The molecule has 3 nitrogen and oxygen atoms in total. The minimum absolute atomic E-state index is 0. The van der Waals surface area contributed by atoms with Crippen LogP contribution in [0.3, 0.4) is 0 Å².